The highest BCUT2D eigenvalue weighted by Crippen LogP contribution is 2.41. The number of carboxylic acid groups (broad SMARTS) is 1. The van der Waals surface area contributed by atoms with Crippen molar-refractivity contribution in [1.82, 2.24) is 14.9 Å². The Hall–Kier alpha value is -3.18. The third-order valence-electron chi connectivity index (χ3n) is 6.76. The van der Waals surface area contributed by atoms with E-state index in [0.717, 1.165) is 5.56 Å². The van der Waals surface area contributed by atoms with Crippen molar-refractivity contribution in [3.63, 3.8) is 0 Å². The third-order valence-corrected chi connectivity index (χ3v) is 7.06. The second kappa shape index (κ2) is 11.0. The van der Waals surface area contributed by atoms with E-state index in [1.54, 1.807) is 31.6 Å². The highest BCUT2D eigenvalue weighted by molar-refractivity contribution is 6.32. The first-order chi connectivity index (χ1) is 16.9. The van der Waals surface area contributed by atoms with Crippen LogP contribution in [0.15, 0.2) is 48.9 Å². The van der Waals surface area contributed by atoms with E-state index in [9.17, 15) is 15.0 Å². The van der Waals surface area contributed by atoms with Crippen molar-refractivity contribution in [3.05, 3.63) is 65.1 Å². The predicted octanol–water partition coefficient (Wildman–Crippen LogP) is 4.32. The maximum atomic E-state index is 12.3. The first-order valence-corrected chi connectivity index (χ1v) is 11.9. The van der Waals surface area contributed by atoms with Gasteiger partial charge in [0.2, 0.25) is 0 Å². The molecular formula is C27H28ClN3O4. The van der Waals surface area contributed by atoms with Gasteiger partial charge in [-0.1, -0.05) is 23.4 Å². The number of carboxylic acids is 1. The van der Waals surface area contributed by atoms with Gasteiger partial charge in [-0.2, -0.15) is 0 Å². The molecule has 1 atom stereocenters. The number of pyridine rings is 2. The third kappa shape index (κ3) is 5.73. The number of hydrogen-bond acceptors (Lipinski definition) is 6. The van der Waals surface area contributed by atoms with Crippen molar-refractivity contribution in [2.24, 2.45) is 5.41 Å². The van der Waals surface area contributed by atoms with Gasteiger partial charge in [-0.25, -0.2) is 0 Å². The number of aliphatic carboxylic acids is 1. The maximum Gasteiger partial charge on any atom is 0.309 e. The quantitative estimate of drug-likeness (QED) is 0.473. The Morgan fingerprint density at radius 3 is 2.77 bits per heavy atom. The molecule has 1 aliphatic rings. The molecule has 0 aliphatic carbocycles. The summed E-state index contributed by atoms with van der Waals surface area (Å²) >= 11 is 6.42. The number of halogens is 1. The average Bonchev–Trinajstić information content (AvgIpc) is 2.88. The molecule has 0 amide bonds. The number of fused-ring (bicyclic) bond motifs is 1. The fourth-order valence-corrected chi connectivity index (χ4v) is 4.87. The zero-order chi connectivity index (χ0) is 24.8. The van der Waals surface area contributed by atoms with Gasteiger partial charge < -0.3 is 14.9 Å². The van der Waals surface area contributed by atoms with E-state index < -0.39 is 17.5 Å². The Kier molecular flexibility index (Phi) is 7.86. The Labute approximate surface area is 209 Å². The topological polar surface area (TPSA) is 95.8 Å². The van der Waals surface area contributed by atoms with Crippen LogP contribution >= 0.6 is 11.6 Å². The smallest absolute Gasteiger partial charge is 0.309 e. The summed E-state index contributed by atoms with van der Waals surface area (Å²) in [6, 6.07) is 9.16. The first-order valence-electron chi connectivity index (χ1n) is 11.6. The van der Waals surface area contributed by atoms with Gasteiger partial charge in [0.1, 0.15) is 5.75 Å². The Balaban J connectivity index is 1.42. The van der Waals surface area contributed by atoms with Crippen LogP contribution < -0.4 is 4.74 Å². The number of piperidine rings is 1. The van der Waals surface area contributed by atoms with Crippen LogP contribution in [0.25, 0.3) is 10.9 Å². The number of ether oxygens (including phenoxy) is 1. The minimum Gasteiger partial charge on any atom is -0.497 e. The summed E-state index contributed by atoms with van der Waals surface area (Å²) in [5.41, 5.74) is 1.22. The zero-order valence-electron chi connectivity index (χ0n) is 19.6. The number of rotatable bonds is 7. The number of methoxy groups -OCH3 is 1. The lowest BCUT2D eigenvalue weighted by Crippen LogP contribution is -2.44. The molecule has 35 heavy (non-hydrogen) atoms. The minimum atomic E-state index is -0.917. The number of aromatic nitrogens is 2. The highest BCUT2D eigenvalue weighted by Gasteiger charge is 2.41. The van der Waals surface area contributed by atoms with Crippen LogP contribution in [-0.2, 0) is 4.79 Å². The maximum absolute atomic E-state index is 12.3. The van der Waals surface area contributed by atoms with Crippen LogP contribution in [0.2, 0.25) is 5.02 Å². The fraction of sp³-hybridized carbons (Fsp3) is 0.370. The summed E-state index contributed by atoms with van der Waals surface area (Å²) < 4.78 is 5.32. The van der Waals surface area contributed by atoms with Gasteiger partial charge in [-0.05, 0) is 56.0 Å². The number of aliphatic hydroxyl groups is 1. The van der Waals surface area contributed by atoms with Crippen LogP contribution in [0.5, 0.6) is 5.75 Å². The van der Waals surface area contributed by atoms with E-state index in [0.29, 0.717) is 66.1 Å². The van der Waals surface area contributed by atoms with Gasteiger partial charge in [0, 0.05) is 48.2 Å². The molecule has 7 nitrogen and oxygen atoms in total. The highest BCUT2D eigenvalue weighted by atomic mass is 35.5. The minimum absolute atomic E-state index is 0.281. The summed E-state index contributed by atoms with van der Waals surface area (Å²) in [5.74, 6) is 6.06. The SMILES string of the molecule is COc1ccc2ncc(Cl)c([C@H](O)CCC3(C(=O)O)CCN(CC#Cc4cccnc4)CC3)c2c1. The Bertz CT molecular complexity index is 1250. The fourth-order valence-electron chi connectivity index (χ4n) is 4.59. The average molecular weight is 494 g/mol. The van der Waals surface area contributed by atoms with Gasteiger partial charge in [0.15, 0.2) is 0 Å². The molecule has 3 heterocycles. The largest absolute Gasteiger partial charge is 0.497 e. The second-order valence-electron chi connectivity index (χ2n) is 8.86. The van der Waals surface area contributed by atoms with Gasteiger partial charge in [0.05, 0.1) is 35.7 Å². The molecule has 0 unspecified atom stereocenters. The number of likely N-dealkylation sites (tertiary alicyclic amines) is 1. The number of nitrogens with zero attached hydrogens (tertiary/aromatic N) is 3. The van der Waals surface area contributed by atoms with E-state index >= 15 is 0 Å². The summed E-state index contributed by atoms with van der Waals surface area (Å²) in [5, 5.41) is 22.2. The number of aliphatic hydroxyl groups excluding tert-OH is 1. The van der Waals surface area contributed by atoms with Crippen LogP contribution in [0.3, 0.4) is 0 Å². The zero-order valence-corrected chi connectivity index (χ0v) is 20.3. The van der Waals surface area contributed by atoms with Crippen LogP contribution in [0.4, 0.5) is 0 Å². The van der Waals surface area contributed by atoms with Crippen molar-refractivity contribution < 1.29 is 19.7 Å². The molecule has 1 aromatic carbocycles. The normalized spacial score (nSPS) is 16.3. The summed E-state index contributed by atoms with van der Waals surface area (Å²) in [7, 11) is 1.57. The van der Waals surface area contributed by atoms with Crippen molar-refractivity contribution in [2.45, 2.75) is 31.8 Å². The summed E-state index contributed by atoms with van der Waals surface area (Å²) in [6.45, 7) is 1.86. The van der Waals surface area contributed by atoms with Crippen LogP contribution in [-0.4, -0.2) is 57.8 Å². The van der Waals surface area contributed by atoms with Gasteiger partial charge in [0.25, 0.3) is 0 Å². The predicted molar refractivity (Wildman–Crippen MR) is 134 cm³/mol. The van der Waals surface area contributed by atoms with Crippen molar-refractivity contribution >= 4 is 28.5 Å². The number of benzene rings is 1. The van der Waals surface area contributed by atoms with Crippen molar-refractivity contribution in [3.8, 4) is 17.6 Å². The standard InChI is InChI=1S/C27H28ClN3O4/c1-35-20-6-7-23-21(16-20)25(22(28)18-30-23)24(32)8-9-27(26(33)34)10-14-31(15-11-27)13-3-5-19-4-2-12-29-17-19/h2,4,6-7,12,16-18,24,32H,8-11,13-15H2,1H3,(H,33,34)/t24-/m1/s1. The molecule has 2 N–H and O–H groups in total. The summed E-state index contributed by atoms with van der Waals surface area (Å²) in [4.78, 5) is 22.9. The van der Waals surface area contributed by atoms with Gasteiger partial charge in [-0.15, -0.1) is 0 Å². The molecule has 4 rings (SSSR count). The molecule has 8 heteroatoms. The molecule has 0 radical (unpaired) electrons. The Morgan fingerprint density at radius 1 is 1.29 bits per heavy atom. The molecule has 1 saturated heterocycles. The number of carbonyl (C=O) groups is 1. The molecule has 1 fully saturated rings. The molecule has 0 spiro atoms. The monoisotopic (exact) mass is 493 g/mol. The second-order valence-corrected chi connectivity index (χ2v) is 9.27. The van der Waals surface area contributed by atoms with E-state index in [1.807, 2.05) is 18.2 Å². The lowest BCUT2D eigenvalue weighted by molar-refractivity contribution is -0.153. The van der Waals surface area contributed by atoms with Crippen LogP contribution in [0, 0.1) is 17.3 Å². The van der Waals surface area contributed by atoms with E-state index in [2.05, 4.69) is 26.7 Å². The van der Waals surface area contributed by atoms with Gasteiger partial charge in [-0.3, -0.25) is 19.7 Å². The molecule has 0 saturated carbocycles. The summed E-state index contributed by atoms with van der Waals surface area (Å²) in [6.07, 6.45) is 5.67. The molecule has 2 aromatic heterocycles. The molecular weight excluding hydrogens is 466 g/mol. The molecule has 1 aliphatic heterocycles. The van der Waals surface area contributed by atoms with Crippen molar-refractivity contribution in [1.29, 1.82) is 0 Å². The Morgan fingerprint density at radius 2 is 2.09 bits per heavy atom. The molecule has 0 bridgehead atoms. The lowest BCUT2D eigenvalue weighted by Gasteiger charge is -2.38. The lowest BCUT2D eigenvalue weighted by atomic mass is 9.74. The number of hydrogen-bond donors (Lipinski definition) is 2. The first kappa shape index (κ1) is 24.9. The van der Waals surface area contributed by atoms with Gasteiger partial charge >= 0.3 is 5.97 Å². The molecule has 182 valence electrons. The van der Waals surface area contributed by atoms with Crippen molar-refractivity contribution in [2.75, 3.05) is 26.7 Å². The van der Waals surface area contributed by atoms with E-state index in [4.69, 9.17) is 16.3 Å². The van der Waals surface area contributed by atoms with E-state index in [-0.39, 0.29) is 6.42 Å². The van der Waals surface area contributed by atoms with Crippen LogP contribution in [0.1, 0.15) is 42.9 Å². The van der Waals surface area contributed by atoms with E-state index in [1.165, 1.54) is 6.20 Å². The molecule has 3 aromatic rings.